The summed E-state index contributed by atoms with van der Waals surface area (Å²) in [7, 11) is 0. The maximum absolute atomic E-state index is 5.82. The van der Waals surface area contributed by atoms with Crippen molar-refractivity contribution in [2.24, 2.45) is 0 Å². The lowest BCUT2D eigenvalue weighted by atomic mass is 10.2. The summed E-state index contributed by atoms with van der Waals surface area (Å²) < 4.78 is 5.62. The van der Waals surface area contributed by atoms with Gasteiger partial charge in [0.05, 0.1) is 6.10 Å². The van der Waals surface area contributed by atoms with E-state index in [1.54, 1.807) is 11.3 Å². The van der Waals surface area contributed by atoms with Crippen LogP contribution in [0.1, 0.15) is 19.8 Å². The van der Waals surface area contributed by atoms with Gasteiger partial charge in [0, 0.05) is 25.1 Å². The summed E-state index contributed by atoms with van der Waals surface area (Å²) in [5, 5.41) is 3.45. The molecule has 2 rings (SSSR count). The highest BCUT2D eigenvalue weighted by Crippen LogP contribution is 2.24. The molecule has 1 aromatic heterocycles. The van der Waals surface area contributed by atoms with Crippen molar-refractivity contribution in [2.45, 2.75) is 25.9 Å². The van der Waals surface area contributed by atoms with Gasteiger partial charge in [0.15, 0.2) is 5.13 Å². The zero-order valence-corrected chi connectivity index (χ0v) is 10.4. The Bertz CT molecular complexity index is 312. The maximum Gasteiger partial charge on any atom is 0.186 e. The lowest BCUT2D eigenvalue weighted by Gasteiger charge is -2.22. The molecule has 0 bridgehead atoms. The van der Waals surface area contributed by atoms with E-state index in [1.807, 2.05) is 5.38 Å². The summed E-state index contributed by atoms with van der Waals surface area (Å²) in [6.07, 6.45) is 2.71. The minimum Gasteiger partial charge on any atom is -0.376 e. The molecule has 1 fully saturated rings. The van der Waals surface area contributed by atoms with Crippen LogP contribution in [0.2, 0.25) is 5.15 Å². The first-order valence-corrected chi connectivity index (χ1v) is 6.53. The third-order valence-electron chi connectivity index (χ3n) is 2.56. The Morgan fingerprint density at radius 3 is 3.13 bits per heavy atom. The number of anilines is 1. The van der Waals surface area contributed by atoms with Crippen LogP contribution in [0.25, 0.3) is 0 Å². The van der Waals surface area contributed by atoms with E-state index in [0.29, 0.717) is 11.3 Å². The molecule has 1 aliphatic rings. The zero-order chi connectivity index (χ0) is 10.7. The highest BCUT2D eigenvalue weighted by molar-refractivity contribution is 7.14. The first-order valence-electron chi connectivity index (χ1n) is 5.27. The molecule has 0 spiro atoms. The summed E-state index contributed by atoms with van der Waals surface area (Å²) in [5.41, 5.74) is 0. The molecule has 0 amide bonds. The van der Waals surface area contributed by atoms with Gasteiger partial charge in [0.2, 0.25) is 0 Å². The first kappa shape index (κ1) is 11.2. The van der Waals surface area contributed by atoms with Gasteiger partial charge in [-0.15, -0.1) is 11.3 Å². The third kappa shape index (κ3) is 2.83. The summed E-state index contributed by atoms with van der Waals surface area (Å²) in [5.74, 6) is 0. The fraction of sp³-hybridized carbons (Fsp3) is 0.700. The number of hydrogen-bond acceptors (Lipinski definition) is 4. The summed E-state index contributed by atoms with van der Waals surface area (Å²) in [4.78, 5) is 6.51. The fourth-order valence-corrected chi connectivity index (χ4v) is 2.79. The van der Waals surface area contributed by atoms with Crippen LogP contribution in [-0.2, 0) is 4.74 Å². The van der Waals surface area contributed by atoms with Gasteiger partial charge in [-0.2, -0.15) is 0 Å². The van der Waals surface area contributed by atoms with Crippen LogP contribution < -0.4 is 4.90 Å². The van der Waals surface area contributed by atoms with E-state index >= 15 is 0 Å². The molecule has 0 radical (unpaired) electrons. The van der Waals surface area contributed by atoms with Gasteiger partial charge in [0.1, 0.15) is 5.15 Å². The lowest BCUT2D eigenvalue weighted by Crippen LogP contribution is -2.31. The van der Waals surface area contributed by atoms with Gasteiger partial charge in [-0.05, 0) is 19.8 Å². The van der Waals surface area contributed by atoms with Crippen LogP contribution in [0.4, 0.5) is 5.13 Å². The van der Waals surface area contributed by atoms with E-state index in [4.69, 9.17) is 16.3 Å². The quantitative estimate of drug-likeness (QED) is 0.817. The van der Waals surface area contributed by atoms with Crippen molar-refractivity contribution in [3.05, 3.63) is 10.5 Å². The molecule has 15 heavy (non-hydrogen) atoms. The number of aromatic nitrogens is 1. The highest BCUT2D eigenvalue weighted by atomic mass is 35.5. The Labute approximate surface area is 99.0 Å². The van der Waals surface area contributed by atoms with Gasteiger partial charge >= 0.3 is 0 Å². The molecular weight excluding hydrogens is 232 g/mol. The van der Waals surface area contributed by atoms with Gasteiger partial charge < -0.3 is 9.64 Å². The molecule has 1 unspecified atom stereocenters. The van der Waals surface area contributed by atoms with E-state index in [1.165, 1.54) is 6.42 Å². The fourth-order valence-electron chi connectivity index (χ4n) is 1.77. The maximum atomic E-state index is 5.82. The van der Waals surface area contributed by atoms with Gasteiger partial charge in [-0.25, -0.2) is 4.98 Å². The Morgan fingerprint density at radius 1 is 1.73 bits per heavy atom. The zero-order valence-electron chi connectivity index (χ0n) is 8.78. The summed E-state index contributed by atoms with van der Waals surface area (Å²) >= 11 is 7.41. The first-order chi connectivity index (χ1) is 7.29. The van der Waals surface area contributed by atoms with E-state index in [0.717, 1.165) is 31.2 Å². The van der Waals surface area contributed by atoms with Crippen molar-refractivity contribution in [2.75, 3.05) is 24.6 Å². The Hall–Kier alpha value is -0.320. The Kier molecular flexibility index (Phi) is 3.83. The van der Waals surface area contributed by atoms with E-state index in [9.17, 15) is 0 Å². The van der Waals surface area contributed by atoms with Crippen LogP contribution in [0.3, 0.4) is 0 Å². The number of halogens is 1. The number of likely N-dealkylation sites (N-methyl/N-ethyl adjacent to an activating group) is 1. The van der Waals surface area contributed by atoms with E-state index in [-0.39, 0.29) is 0 Å². The third-order valence-corrected chi connectivity index (χ3v) is 3.79. The molecule has 2 heterocycles. The molecule has 0 aliphatic carbocycles. The average molecular weight is 247 g/mol. The lowest BCUT2D eigenvalue weighted by molar-refractivity contribution is 0.115. The van der Waals surface area contributed by atoms with Crippen LogP contribution >= 0.6 is 22.9 Å². The molecule has 1 atom stereocenters. The number of rotatable bonds is 4. The van der Waals surface area contributed by atoms with Crippen molar-refractivity contribution in [3.8, 4) is 0 Å². The molecule has 1 saturated heterocycles. The Morgan fingerprint density at radius 2 is 2.60 bits per heavy atom. The van der Waals surface area contributed by atoms with Crippen LogP contribution in [0, 0.1) is 0 Å². The van der Waals surface area contributed by atoms with Crippen molar-refractivity contribution >= 4 is 28.1 Å². The predicted molar refractivity (Wildman–Crippen MR) is 64.0 cm³/mol. The monoisotopic (exact) mass is 246 g/mol. The predicted octanol–water partition coefficient (Wildman–Crippen LogP) is 2.80. The number of nitrogens with zero attached hydrogens (tertiary/aromatic N) is 2. The molecular formula is C10H15ClN2OS. The molecule has 5 heteroatoms. The van der Waals surface area contributed by atoms with Crippen molar-refractivity contribution in [1.82, 2.24) is 4.98 Å². The minimum absolute atomic E-state index is 0.368. The normalized spacial score (nSPS) is 20.8. The number of hydrogen-bond donors (Lipinski definition) is 0. The molecule has 1 aromatic rings. The molecule has 3 nitrogen and oxygen atoms in total. The molecule has 84 valence electrons. The Balaban J connectivity index is 1.97. The topological polar surface area (TPSA) is 25.4 Å². The number of thiazole rings is 1. The molecule has 1 aliphatic heterocycles. The molecule has 0 aromatic carbocycles. The van der Waals surface area contributed by atoms with Crippen LogP contribution in [-0.4, -0.2) is 30.8 Å². The summed E-state index contributed by atoms with van der Waals surface area (Å²) in [6, 6.07) is 0. The van der Waals surface area contributed by atoms with Crippen molar-refractivity contribution < 1.29 is 4.74 Å². The smallest absolute Gasteiger partial charge is 0.186 e. The largest absolute Gasteiger partial charge is 0.376 e. The molecule has 0 N–H and O–H groups in total. The van der Waals surface area contributed by atoms with E-state index in [2.05, 4.69) is 16.8 Å². The van der Waals surface area contributed by atoms with Crippen LogP contribution in [0.5, 0.6) is 0 Å². The SMILES string of the molecule is CCN(CC1CCCO1)c1nc(Cl)cs1. The van der Waals surface area contributed by atoms with Crippen molar-refractivity contribution in [1.29, 1.82) is 0 Å². The second-order valence-electron chi connectivity index (χ2n) is 3.63. The second-order valence-corrected chi connectivity index (χ2v) is 4.85. The van der Waals surface area contributed by atoms with E-state index < -0.39 is 0 Å². The van der Waals surface area contributed by atoms with Crippen molar-refractivity contribution in [3.63, 3.8) is 0 Å². The van der Waals surface area contributed by atoms with Gasteiger partial charge in [0.25, 0.3) is 0 Å². The van der Waals surface area contributed by atoms with Gasteiger partial charge in [-0.3, -0.25) is 0 Å². The number of ether oxygens (including phenoxy) is 1. The minimum atomic E-state index is 0.368. The summed E-state index contributed by atoms with van der Waals surface area (Å²) in [6.45, 7) is 4.91. The molecule has 0 saturated carbocycles. The highest BCUT2D eigenvalue weighted by Gasteiger charge is 2.20. The standard InChI is InChI=1S/C10H15ClN2OS/c1-2-13(6-8-4-3-5-14-8)10-12-9(11)7-15-10/h7-8H,2-6H2,1H3. The van der Waals surface area contributed by atoms with Crippen LogP contribution in [0.15, 0.2) is 5.38 Å². The average Bonchev–Trinajstić information content (AvgIpc) is 2.85. The van der Waals surface area contributed by atoms with Gasteiger partial charge in [-0.1, -0.05) is 11.6 Å². The second kappa shape index (κ2) is 5.14.